The van der Waals surface area contributed by atoms with Crippen LogP contribution in [0.5, 0.6) is 0 Å². The van der Waals surface area contributed by atoms with Crippen molar-refractivity contribution in [2.45, 2.75) is 13.0 Å². The Morgan fingerprint density at radius 1 is 1.11 bits per heavy atom. The number of rotatable bonds is 7. The van der Waals surface area contributed by atoms with Gasteiger partial charge in [0.1, 0.15) is 0 Å². The molecule has 0 bridgehead atoms. The van der Waals surface area contributed by atoms with E-state index in [0.717, 1.165) is 11.1 Å². The van der Waals surface area contributed by atoms with Gasteiger partial charge in [0.2, 0.25) is 5.91 Å². The van der Waals surface area contributed by atoms with Gasteiger partial charge in [-0.25, -0.2) is 0 Å². The van der Waals surface area contributed by atoms with Crippen LogP contribution in [-0.2, 0) is 17.8 Å². The van der Waals surface area contributed by atoms with Gasteiger partial charge in [0.25, 0.3) is 0 Å². The van der Waals surface area contributed by atoms with Crippen LogP contribution in [0.2, 0.25) is 0 Å². The van der Waals surface area contributed by atoms with E-state index in [1.165, 1.54) is 4.90 Å². The number of aliphatic hydroxyl groups excluding tert-OH is 2. The Morgan fingerprint density at radius 2 is 1.67 bits per heavy atom. The van der Waals surface area contributed by atoms with Crippen molar-refractivity contribution in [3.8, 4) is 0 Å². The lowest BCUT2D eigenvalue weighted by atomic mass is 10.0. The van der Waals surface area contributed by atoms with Crippen LogP contribution in [-0.4, -0.2) is 47.3 Å². The maximum absolute atomic E-state index is 12.0. The van der Waals surface area contributed by atoms with E-state index in [1.807, 2.05) is 24.3 Å². The highest BCUT2D eigenvalue weighted by molar-refractivity contribution is 5.79. The van der Waals surface area contributed by atoms with Crippen LogP contribution in [0.25, 0.3) is 0 Å². The van der Waals surface area contributed by atoms with Gasteiger partial charge < -0.3 is 20.8 Å². The van der Waals surface area contributed by atoms with Crippen LogP contribution in [0.4, 0.5) is 0 Å². The number of benzene rings is 1. The average molecular weight is 252 g/mol. The van der Waals surface area contributed by atoms with E-state index < -0.39 is 0 Å². The molecule has 0 spiro atoms. The third-order valence-corrected chi connectivity index (χ3v) is 2.77. The first-order valence-corrected chi connectivity index (χ1v) is 5.99. The van der Waals surface area contributed by atoms with Gasteiger partial charge in [-0.1, -0.05) is 24.3 Å². The fourth-order valence-corrected chi connectivity index (χ4v) is 1.81. The molecule has 0 unspecified atom stereocenters. The zero-order valence-corrected chi connectivity index (χ0v) is 10.4. The Bertz CT molecular complexity index is 376. The smallest absolute Gasteiger partial charge is 0.227 e. The van der Waals surface area contributed by atoms with Crippen molar-refractivity contribution in [2.24, 2.45) is 5.73 Å². The molecule has 4 N–H and O–H groups in total. The van der Waals surface area contributed by atoms with E-state index in [0.29, 0.717) is 6.54 Å². The summed E-state index contributed by atoms with van der Waals surface area (Å²) in [6.45, 7) is 0.659. The summed E-state index contributed by atoms with van der Waals surface area (Å²) in [6.07, 6.45) is 0.243. The van der Waals surface area contributed by atoms with Crippen molar-refractivity contribution in [1.82, 2.24) is 4.90 Å². The minimum atomic E-state index is -0.112. The topological polar surface area (TPSA) is 86.8 Å². The van der Waals surface area contributed by atoms with Crippen molar-refractivity contribution in [1.29, 1.82) is 0 Å². The van der Waals surface area contributed by atoms with Gasteiger partial charge in [-0.3, -0.25) is 4.79 Å². The Labute approximate surface area is 107 Å². The van der Waals surface area contributed by atoms with E-state index in [4.69, 9.17) is 15.9 Å². The molecule has 0 aromatic heterocycles. The number of nitrogens with zero attached hydrogens (tertiary/aromatic N) is 1. The van der Waals surface area contributed by atoms with Gasteiger partial charge in [0, 0.05) is 19.6 Å². The Kier molecular flexibility index (Phi) is 6.35. The SMILES string of the molecule is NCc1ccccc1CC(=O)N(CCO)CCO. The summed E-state index contributed by atoms with van der Waals surface area (Å²) in [5.74, 6) is -0.112. The lowest BCUT2D eigenvalue weighted by Gasteiger charge is -2.21. The molecule has 0 atom stereocenters. The van der Waals surface area contributed by atoms with Crippen molar-refractivity contribution in [2.75, 3.05) is 26.3 Å². The molecule has 0 fully saturated rings. The normalized spacial score (nSPS) is 10.4. The number of hydrogen-bond acceptors (Lipinski definition) is 4. The third-order valence-electron chi connectivity index (χ3n) is 2.77. The van der Waals surface area contributed by atoms with Gasteiger partial charge in [-0.15, -0.1) is 0 Å². The highest BCUT2D eigenvalue weighted by Gasteiger charge is 2.14. The quantitative estimate of drug-likeness (QED) is 0.610. The second-order valence-electron chi connectivity index (χ2n) is 3.98. The number of carbonyl (C=O) groups excluding carboxylic acids is 1. The van der Waals surface area contributed by atoms with Crippen LogP contribution in [0.1, 0.15) is 11.1 Å². The fourth-order valence-electron chi connectivity index (χ4n) is 1.81. The molecular weight excluding hydrogens is 232 g/mol. The number of aliphatic hydroxyl groups is 2. The second kappa shape index (κ2) is 7.81. The second-order valence-corrected chi connectivity index (χ2v) is 3.98. The van der Waals surface area contributed by atoms with Crippen LogP contribution in [0, 0.1) is 0 Å². The first-order valence-electron chi connectivity index (χ1n) is 5.99. The molecular formula is C13H20N2O3. The molecule has 0 radical (unpaired) electrons. The Morgan fingerprint density at radius 3 is 2.17 bits per heavy atom. The lowest BCUT2D eigenvalue weighted by molar-refractivity contribution is -0.131. The molecule has 0 saturated carbocycles. The molecule has 100 valence electrons. The number of hydrogen-bond donors (Lipinski definition) is 3. The predicted octanol–water partition coefficient (Wildman–Crippen LogP) is -0.499. The summed E-state index contributed by atoms with van der Waals surface area (Å²) in [6, 6.07) is 7.51. The highest BCUT2D eigenvalue weighted by atomic mass is 16.3. The van der Waals surface area contributed by atoms with Crippen LogP contribution in [0.15, 0.2) is 24.3 Å². The number of carbonyl (C=O) groups is 1. The van der Waals surface area contributed by atoms with Crippen LogP contribution in [0.3, 0.4) is 0 Å². The van der Waals surface area contributed by atoms with E-state index in [-0.39, 0.29) is 38.6 Å². The summed E-state index contributed by atoms with van der Waals surface area (Å²) in [5, 5.41) is 17.8. The maximum atomic E-state index is 12.0. The summed E-state index contributed by atoms with van der Waals surface area (Å²) in [4.78, 5) is 13.5. The summed E-state index contributed by atoms with van der Waals surface area (Å²) < 4.78 is 0. The molecule has 0 aliphatic carbocycles. The van der Waals surface area contributed by atoms with E-state index in [1.54, 1.807) is 0 Å². The molecule has 1 rings (SSSR count). The summed E-state index contributed by atoms with van der Waals surface area (Å²) >= 11 is 0. The van der Waals surface area contributed by atoms with E-state index in [9.17, 15) is 4.79 Å². The average Bonchev–Trinajstić information content (AvgIpc) is 2.39. The summed E-state index contributed by atoms with van der Waals surface area (Å²) in [7, 11) is 0. The minimum absolute atomic E-state index is 0.107. The lowest BCUT2D eigenvalue weighted by Crippen LogP contribution is -2.37. The number of amides is 1. The molecule has 1 aromatic carbocycles. The Balaban J connectivity index is 2.72. The molecule has 5 heteroatoms. The predicted molar refractivity (Wildman–Crippen MR) is 68.8 cm³/mol. The van der Waals surface area contributed by atoms with Gasteiger partial charge in [0.15, 0.2) is 0 Å². The van der Waals surface area contributed by atoms with Gasteiger partial charge in [-0.05, 0) is 11.1 Å². The number of nitrogens with two attached hydrogens (primary N) is 1. The monoisotopic (exact) mass is 252 g/mol. The first kappa shape index (κ1) is 14.6. The van der Waals surface area contributed by atoms with Crippen molar-refractivity contribution < 1.29 is 15.0 Å². The highest BCUT2D eigenvalue weighted by Crippen LogP contribution is 2.10. The van der Waals surface area contributed by atoms with Gasteiger partial charge in [-0.2, -0.15) is 0 Å². The zero-order valence-electron chi connectivity index (χ0n) is 10.4. The Hall–Kier alpha value is -1.43. The molecule has 1 amide bonds. The van der Waals surface area contributed by atoms with Crippen LogP contribution >= 0.6 is 0 Å². The molecule has 0 saturated heterocycles. The summed E-state index contributed by atoms with van der Waals surface area (Å²) in [5.41, 5.74) is 7.45. The standard InChI is InChI=1S/C13H20N2O3/c14-10-12-4-2-1-3-11(12)9-13(18)15(5-7-16)6-8-17/h1-4,16-17H,5-10,14H2. The van der Waals surface area contributed by atoms with Crippen molar-refractivity contribution in [3.05, 3.63) is 35.4 Å². The van der Waals surface area contributed by atoms with Crippen molar-refractivity contribution >= 4 is 5.91 Å². The molecule has 0 aliphatic heterocycles. The molecule has 0 heterocycles. The largest absolute Gasteiger partial charge is 0.395 e. The van der Waals surface area contributed by atoms with Gasteiger partial charge in [0.05, 0.1) is 19.6 Å². The molecule has 0 aliphatic rings. The van der Waals surface area contributed by atoms with Gasteiger partial charge >= 0.3 is 0 Å². The molecule has 1 aromatic rings. The maximum Gasteiger partial charge on any atom is 0.227 e. The van der Waals surface area contributed by atoms with Crippen LogP contribution < -0.4 is 5.73 Å². The van der Waals surface area contributed by atoms with E-state index in [2.05, 4.69) is 0 Å². The molecule has 18 heavy (non-hydrogen) atoms. The first-order chi connectivity index (χ1) is 8.72. The zero-order chi connectivity index (χ0) is 13.4. The third kappa shape index (κ3) is 4.10. The van der Waals surface area contributed by atoms with Crippen molar-refractivity contribution in [3.63, 3.8) is 0 Å². The minimum Gasteiger partial charge on any atom is -0.395 e. The molecule has 5 nitrogen and oxygen atoms in total. The fraction of sp³-hybridized carbons (Fsp3) is 0.462. The van der Waals surface area contributed by atoms with E-state index >= 15 is 0 Å².